The van der Waals surface area contributed by atoms with Crippen LogP contribution in [0.3, 0.4) is 0 Å². The topological polar surface area (TPSA) is 49.6 Å². The predicted octanol–water partition coefficient (Wildman–Crippen LogP) is 3.28. The standard InChI is InChI=1S/C15H25N3OS.HI/c1-2-8-16-15(18-12-14-6-4-11-20-14)17-9-7-13-5-3-10-19-13;/h3,5,10,14H,2,4,6-9,11-12H2,1H3,(H2,16,17,18);1H. The average Bonchev–Trinajstić information content (AvgIpc) is 3.14. The summed E-state index contributed by atoms with van der Waals surface area (Å²) in [5.41, 5.74) is 0. The van der Waals surface area contributed by atoms with Gasteiger partial charge in [-0.1, -0.05) is 6.92 Å². The lowest BCUT2D eigenvalue weighted by molar-refractivity contribution is 0.506. The van der Waals surface area contributed by atoms with Crippen LogP contribution in [-0.2, 0) is 6.42 Å². The quantitative estimate of drug-likeness (QED) is 0.402. The van der Waals surface area contributed by atoms with Gasteiger partial charge in [-0.15, -0.1) is 24.0 Å². The van der Waals surface area contributed by atoms with Crippen LogP contribution < -0.4 is 10.6 Å². The van der Waals surface area contributed by atoms with Crippen LogP contribution in [0.15, 0.2) is 27.8 Å². The number of nitrogens with one attached hydrogen (secondary N) is 2. The van der Waals surface area contributed by atoms with Gasteiger partial charge in [-0.05, 0) is 37.1 Å². The van der Waals surface area contributed by atoms with Gasteiger partial charge in [0, 0.05) is 24.8 Å². The predicted molar refractivity (Wildman–Crippen MR) is 102 cm³/mol. The van der Waals surface area contributed by atoms with Gasteiger partial charge in [0.1, 0.15) is 5.76 Å². The van der Waals surface area contributed by atoms with Crippen LogP contribution in [0.4, 0.5) is 0 Å². The van der Waals surface area contributed by atoms with Crippen molar-refractivity contribution in [1.29, 1.82) is 0 Å². The van der Waals surface area contributed by atoms with Gasteiger partial charge in [0.25, 0.3) is 0 Å². The Morgan fingerprint density at radius 3 is 2.95 bits per heavy atom. The van der Waals surface area contributed by atoms with Gasteiger partial charge in [0.05, 0.1) is 12.8 Å². The molecule has 0 aromatic carbocycles. The van der Waals surface area contributed by atoms with Gasteiger partial charge < -0.3 is 15.1 Å². The van der Waals surface area contributed by atoms with Gasteiger partial charge >= 0.3 is 0 Å². The lowest BCUT2D eigenvalue weighted by Crippen LogP contribution is -2.39. The molecule has 6 heteroatoms. The molecule has 0 bridgehead atoms. The second-order valence-corrected chi connectivity index (χ2v) is 6.42. The largest absolute Gasteiger partial charge is 0.469 e. The first kappa shape index (κ1) is 18.7. The summed E-state index contributed by atoms with van der Waals surface area (Å²) in [6.07, 6.45) is 6.36. The summed E-state index contributed by atoms with van der Waals surface area (Å²) in [5.74, 6) is 3.24. The number of rotatable bonds is 7. The van der Waals surface area contributed by atoms with Crippen molar-refractivity contribution in [3.63, 3.8) is 0 Å². The summed E-state index contributed by atoms with van der Waals surface area (Å²) in [6.45, 7) is 4.90. The van der Waals surface area contributed by atoms with Crippen LogP contribution in [0.1, 0.15) is 31.9 Å². The Morgan fingerprint density at radius 2 is 2.29 bits per heavy atom. The molecule has 0 saturated carbocycles. The zero-order chi connectivity index (χ0) is 14.0. The van der Waals surface area contributed by atoms with Crippen LogP contribution in [-0.4, -0.2) is 36.6 Å². The van der Waals surface area contributed by atoms with E-state index in [1.807, 2.05) is 12.1 Å². The molecule has 1 aliphatic rings. The molecule has 4 nitrogen and oxygen atoms in total. The van der Waals surface area contributed by atoms with Crippen LogP contribution in [0.25, 0.3) is 0 Å². The van der Waals surface area contributed by atoms with Crippen molar-refractivity contribution in [3.05, 3.63) is 24.2 Å². The van der Waals surface area contributed by atoms with Crippen LogP contribution in [0.2, 0.25) is 0 Å². The van der Waals surface area contributed by atoms with E-state index in [0.717, 1.165) is 44.2 Å². The summed E-state index contributed by atoms with van der Waals surface area (Å²) in [5, 5.41) is 7.47. The fraction of sp³-hybridized carbons (Fsp3) is 0.667. The van der Waals surface area contributed by atoms with Crippen molar-refractivity contribution in [1.82, 2.24) is 10.6 Å². The number of halogens is 1. The van der Waals surface area contributed by atoms with E-state index < -0.39 is 0 Å². The SMILES string of the molecule is CCCNC(=NCC1CCCS1)NCCc1ccco1.I. The van der Waals surface area contributed by atoms with E-state index in [1.54, 1.807) is 6.26 Å². The van der Waals surface area contributed by atoms with Crippen molar-refractivity contribution in [2.24, 2.45) is 4.99 Å². The molecule has 1 atom stereocenters. The zero-order valence-electron chi connectivity index (χ0n) is 12.6. The molecule has 120 valence electrons. The molecule has 2 heterocycles. The Morgan fingerprint density at radius 1 is 1.43 bits per heavy atom. The fourth-order valence-electron chi connectivity index (χ4n) is 2.16. The van der Waals surface area contributed by atoms with E-state index >= 15 is 0 Å². The third-order valence-electron chi connectivity index (χ3n) is 3.26. The maximum Gasteiger partial charge on any atom is 0.191 e. The number of furan rings is 1. The average molecular weight is 423 g/mol. The van der Waals surface area contributed by atoms with Crippen LogP contribution in [0, 0.1) is 0 Å². The highest BCUT2D eigenvalue weighted by molar-refractivity contribution is 14.0. The molecule has 0 amide bonds. The summed E-state index contributed by atoms with van der Waals surface area (Å²) < 4.78 is 5.33. The Bertz CT molecular complexity index is 392. The van der Waals surface area contributed by atoms with Crippen molar-refractivity contribution >= 4 is 41.7 Å². The maximum atomic E-state index is 5.33. The second-order valence-electron chi connectivity index (χ2n) is 5.01. The molecule has 2 rings (SSSR count). The van der Waals surface area contributed by atoms with E-state index in [-0.39, 0.29) is 24.0 Å². The Balaban J connectivity index is 0.00000220. The zero-order valence-corrected chi connectivity index (χ0v) is 15.8. The third-order valence-corrected chi connectivity index (χ3v) is 4.64. The molecule has 1 unspecified atom stereocenters. The van der Waals surface area contributed by atoms with E-state index in [4.69, 9.17) is 9.41 Å². The molecule has 1 aliphatic heterocycles. The number of aliphatic imine (C=N–C) groups is 1. The summed E-state index contributed by atoms with van der Waals surface area (Å²) >= 11 is 2.05. The minimum absolute atomic E-state index is 0. The molecule has 0 radical (unpaired) electrons. The molecular formula is C15H26IN3OS. The van der Waals surface area contributed by atoms with Crippen molar-refractivity contribution in [2.45, 2.75) is 37.9 Å². The summed E-state index contributed by atoms with van der Waals surface area (Å²) in [6, 6.07) is 3.93. The van der Waals surface area contributed by atoms with E-state index in [1.165, 1.54) is 18.6 Å². The van der Waals surface area contributed by atoms with Gasteiger partial charge in [-0.2, -0.15) is 11.8 Å². The summed E-state index contributed by atoms with van der Waals surface area (Å²) in [4.78, 5) is 4.71. The first-order valence-electron chi connectivity index (χ1n) is 7.54. The molecule has 21 heavy (non-hydrogen) atoms. The highest BCUT2D eigenvalue weighted by Crippen LogP contribution is 2.25. The van der Waals surface area contributed by atoms with Crippen LogP contribution >= 0.6 is 35.7 Å². The van der Waals surface area contributed by atoms with E-state index in [2.05, 4.69) is 29.3 Å². The Hall–Kier alpha value is -0.370. The molecule has 1 fully saturated rings. The molecular weight excluding hydrogens is 397 g/mol. The fourth-order valence-corrected chi connectivity index (χ4v) is 3.34. The number of hydrogen-bond acceptors (Lipinski definition) is 3. The lowest BCUT2D eigenvalue weighted by Gasteiger charge is -2.13. The Kier molecular flexibility index (Phi) is 9.99. The van der Waals surface area contributed by atoms with Crippen LogP contribution in [0.5, 0.6) is 0 Å². The van der Waals surface area contributed by atoms with E-state index in [0.29, 0.717) is 5.25 Å². The first-order valence-corrected chi connectivity index (χ1v) is 8.59. The Labute approximate surface area is 148 Å². The smallest absolute Gasteiger partial charge is 0.191 e. The number of nitrogens with zero attached hydrogens (tertiary/aromatic N) is 1. The van der Waals surface area contributed by atoms with Gasteiger partial charge in [-0.3, -0.25) is 4.99 Å². The monoisotopic (exact) mass is 423 g/mol. The maximum absolute atomic E-state index is 5.33. The molecule has 2 N–H and O–H groups in total. The number of guanidine groups is 1. The molecule has 1 aromatic heterocycles. The number of hydrogen-bond donors (Lipinski definition) is 2. The number of thioether (sulfide) groups is 1. The van der Waals surface area contributed by atoms with Gasteiger partial charge in [0.15, 0.2) is 5.96 Å². The highest BCUT2D eigenvalue weighted by atomic mass is 127. The van der Waals surface area contributed by atoms with Crippen molar-refractivity contribution in [3.8, 4) is 0 Å². The second kappa shape index (κ2) is 11.2. The normalized spacial score (nSPS) is 18.3. The lowest BCUT2D eigenvalue weighted by atomic mass is 10.2. The van der Waals surface area contributed by atoms with Crippen molar-refractivity contribution in [2.75, 3.05) is 25.4 Å². The molecule has 0 aliphatic carbocycles. The molecule has 1 saturated heterocycles. The van der Waals surface area contributed by atoms with Gasteiger partial charge in [-0.25, -0.2) is 0 Å². The minimum Gasteiger partial charge on any atom is -0.469 e. The van der Waals surface area contributed by atoms with E-state index in [9.17, 15) is 0 Å². The third kappa shape index (κ3) is 7.44. The summed E-state index contributed by atoms with van der Waals surface area (Å²) in [7, 11) is 0. The minimum atomic E-state index is 0. The van der Waals surface area contributed by atoms with Gasteiger partial charge in [0.2, 0.25) is 0 Å². The molecule has 1 aromatic rings. The molecule has 0 spiro atoms. The highest BCUT2D eigenvalue weighted by Gasteiger charge is 2.14. The van der Waals surface area contributed by atoms with Crippen molar-refractivity contribution < 1.29 is 4.42 Å². The first-order chi connectivity index (χ1) is 9.88.